The zero-order chi connectivity index (χ0) is 45.4. The Kier molecular flexibility index (Phi) is 47.6. The molecule has 0 N–H and O–H groups in total. The van der Waals surface area contributed by atoms with Crippen molar-refractivity contribution in [3.8, 4) is 0 Å². The van der Waals surface area contributed by atoms with Gasteiger partial charge in [0.05, 0.1) is 0 Å². The minimum absolute atomic E-state index is 0.0630. The predicted molar refractivity (Wildman–Crippen MR) is 266 cm³/mol. The van der Waals surface area contributed by atoms with E-state index in [-0.39, 0.29) is 31.1 Å². The Morgan fingerprint density at radius 3 is 0.790 bits per heavy atom. The summed E-state index contributed by atoms with van der Waals surface area (Å²) in [5.41, 5.74) is 0. The van der Waals surface area contributed by atoms with Crippen LogP contribution in [0.2, 0.25) is 0 Å². The smallest absolute Gasteiger partial charge is 0.306 e. The van der Waals surface area contributed by atoms with Crippen LogP contribution < -0.4 is 0 Å². The molecule has 0 saturated heterocycles. The number of carbonyl (C=O) groups is 3. The fourth-order valence-corrected chi connectivity index (χ4v) is 8.52. The average molecular weight is 877 g/mol. The van der Waals surface area contributed by atoms with Crippen LogP contribution in [0, 0.1) is 11.8 Å². The van der Waals surface area contributed by atoms with Crippen molar-refractivity contribution in [1.82, 2.24) is 0 Å². The fourth-order valence-electron chi connectivity index (χ4n) is 8.52. The highest BCUT2D eigenvalue weighted by molar-refractivity contribution is 5.71. The topological polar surface area (TPSA) is 78.9 Å². The lowest BCUT2D eigenvalue weighted by atomic mass is 10.0. The van der Waals surface area contributed by atoms with Crippen molar-refractivity contribution in [2.75, 3.05) is 13.2 Å². The van der Waals surface area contributed by atoms with Gasteiger partial charge in [-0.25, -0.2) is 0 Å². The molecule has 0 saturated carbocycles. The largest absolute Gasteiger partial charge is 0.462 e. The molecule has 6 nitrogen and oxygen atoms in total. The zero-order valence-electron chi connectivity index (χ0n) is 42.5. The van der Waals surface area contributed by atoms with E-state index in [0.29, 0.717) is 19.3 Å². The molecule has 368 valence electrons. The molecule has 0 amide bonds. The molecule has 0 rings (SSSR count). The van der Waals surface area contributed by atoms with Crippen LogP contribution in [0.4, 0.5) is 0 Å². The van der Waals surface area contributed by atoms with E-state index in [2.05, 4.69) is 34.6 Å². The SMILES string of the molecule is CCCCCCCCCCCCCCCC(=O)OC[C@H](COC(=O)CCCCCCCCCCCCC(C)C)OC(=O)CCCCCCCCCCCCCCCCCC(C)C. The molecule has 0 aliphatic carbocycles. The first-order valence-corrected chi connectivity index (χ1v) is 27.7. The number of ether oxygens (including phenoxy) is 3. The summed E-state index contributed by atoms with van der Waals surface area (Å²) in [6.45, 7) is 11.4. The van der Waals surface area contributed by atoms with Gasteiger partial charge in [0.1, 0.15) is 13.2 Å². The van der Waals surface area contributed by atoms with E-state index < -0.39 is 6.10 Å². The highest BCUT2D eigenvalue weighted by atomic mass is 16.6. The van der Waals surface area contributed by atoms with E-state index >= 15 is 0 Å². The number of hydrogen-bond donors (Lipinski definition) is 0. The normalized spacial score (nSPS) is 12.0. The summed E-state index contributed by atoms with van der Waals surface area (Å²) in [7, 11) is 0. The van der Waals surface area contributed by atoms with Crippen LogP contribution in [-0.4, -0.2) is 37.2 Å². The molecule has 0 aromatic heterocycles. The second-order valence-corrected chi connectivity index (χ2v) is 20.2. The van der Waals surface area contributed by atoms with Crippen molar-refractivity contribution in [3.05, 3.63) is 0 Å². The highest BCUT2D eigenvalue weighted by Crippen LogP contribution is 2.18. The molecule has 0 bridgehead atoms. The predicted octanol–water partition coefficient (Wildman–Crippen LogP) is 18.1. The number of hydrogen-bond acceptors (Lipinski definition) is 6. The van der Waals surface area contributed by atoms with Gasteiger partial charge < -0.3 is 14.2 Å². The van der Waals surface area contributed by atoms with Gasteiger partial charge in [0, 0.05) is 19.3 Å². The first-order chi connectivity index (χ1) is 30.2. The molecule has 0 aliphatic rings. The summed E-state index contributed by atoms with van der Waals surface area (Å²) in [6, 6.07) is 0. The van der Waals surface area contributed by atoms with Crippen molar-refractivity contribution < 1.29 is 28.6 Å². The summed E-state index contributed by atoms with van der Waals surface area (Å²) in [5, 5.41) is 0. The number of carbonyl (C=O) groups excluding carboxylic acids is 3. The van der Waals surface area contributed by atoms with Gasteiger partial charge in [-0.3, -0.25) is 14.4 Å². The summed E-state index contributed by atoms with van der Waals surface area (Å²) in [4.78, 5) is 38.0. The van der Waals surface area contributed by atoms with Crippen LogP contribution >= 0.6 is 0 Å². The summed E-state index contributed by atoms with van der Waals surface area (Å²) < 4.78 is 16.9. The average Bonchev–Trinajstić information content (AvgIpc) is 3.24. The molecular formula is C56H108O6. The summed E-state index contributed by atoms with van der Waals surface area (Å²) in [5.74, 6) is 0.824. The summed E-state index contributed by atoms with van der Waals surface area (Å²) in [6.07, 6.45) is 50.9. The molecule has 0 aromatic rings. The minimum Gasteiger partial charge on any atom is -0.462 e. The van der Waals surface area contributed by atoms with E-state index in [4.69, 9.17) is 14.2 Å². The third-order valence-electron chi connectivity index (χ3n) is 12.7. The highest BCUT2D eigenvalue weighted by Gasteiger charge is 2.19. The first kappa shape index (κ1) is 60.4. The molecular weight excluding hydrogens is 769 g/mol. The van der Waals surface area contributed by atoms with Gasteiger partial charge in [-0.2, -0.15) is 0 Å². The molecule has 0 aliphatic heterocycles. The molecule has 0 aromatic carbocycles. The van der Waals surface area contributed by atoms with Crippen LogP contribution in [-0.2, 0) is 28.6 Å². The van der Waals surface area contributed by atoms with Crippen molar-refractivity contribution >= 4 is 17.9 Å². The minimum atomic E-state index is -0.762. The first-order valence-electron chi connectivity index (χ1n) is 27.7. The molecule has 0 unspecified atom stereocenters. The van der Waals surface area contributed by atoms with Crippen molar-refractivity contribution in [1.29, 1.82) is 0 Å². The molecule has 0 radical (unpaired) electrons. The van der Waals surface area contributed by atoms with Crippen LogP contribution in [0.5, 0.6) is 0 Å². The third kappa shape index (κ3) is 49.4. The van der Waals surface area contributed by atoms with Gasteiger partial charge in [0.2, 0.25) is 0 Å². The molecule has 0 spiro atoms. The van der Waals surface area contributed by atoms with Crippen molar-refractivity contribution in [2.24, 2.45) is 11.8 Å². The van der Waals surface area contributed by atoms with Crippen LogP contribution in [0.1, 0.15) is 311 Å². The molecule has 62 heavy (non-hydrogen) atoms. The second-order valence-electron chi connectivity index (χ2n) is 20.2. The van der Waals surface area contributed by atoms with Gasteiger partial charge in [0.25, 0.3) is 0 Å². The number of unbranched alkanes of at least 4 members (excludes halogenated alkanes) is 35. The zero-order valence-corrected chi connectivity index (χ0v) is 42.5. The van der Waals surface area contributed by atoms with Gasteiger partial charge >= 0.3 is 17.9 Å². The van der Waals surface area contributed by atoms with Crippen molar-refractivity contribution in [2.45, 2.75) is 317 Å². The lowest BCUT2D eigenvalue weighted by Crippen LogP contribution is -2.30. The van der Waals surface area contributed by atoms with Crippen molar-refractivity contribution in [3.63, 3.8) is 0 Å². The number of esters is 3. The Labute approximate surface area is 387 Å². The van der Waals surface area contributed by atoms with Gasteiger partial charge in [-0.15, -0.1) is 0 Å². The summed E-state index contributed by atoms with van der Waals surface area (Å²) >= 11 is 0. The number of rotatable bonds is 50. The maximum Gasteiger partial charge on any atom is 0.306 e. The third-order valence-corrected chi connectivity index (χ3v) is 12.7. The van der Waals surface area contributed by atoms with Crippen LogP contribution in [0.25, 0.3) is 0 Å². The molecule has 6 heteroatoms. The maximum atomic E-state index is 12.8. The van der Waals surface area contributed by atoms with Gasteiger partial charge in [-0.05, 0) is 31.1 Å². The quantitative estimate of drug-likeness (QED) is 0.0344. The van der Waals surface area contributed by atoms with E-state index in [1.165, 1.54) is 199 Å². The monoisotopic (exact) mass is 877 g/mol. The second kappa shape index (κ2) is 48.9. The Hall–Kier alpha value is -1.59. The molecule has 1 atom stereocenters. The van der Waals surface area contributed by atoms with Gasteiger partial charge in [-0.1, -0.05) is 272 Å². The fraction of sp³-hybridized carbons (Fsp3) is 0.946. The lowest BCUT2D eigenvalue weighted by Gasteiger charge is -2.18. The van der Waals surface area contributed by atoms with Crippen LogP contribution in [0.3, 0.4) is 0 Å². The maximum absolute atomic E-state index is 12.8. The van der Waals surface area contributed by atoms with Gasteiger partial charge in [0.15, 0.2) is 6.10 Å². The Bertz CT molecular complexity index is 947. The Morgan fingerprint density at radius 1 is 0.306 bits per heavy atom. The standard InChI is InChI=1S/C56H108O6/c1-6-7-8-9-10-11-12-16-20-26-31-36-41-46-54(57)60-49-53(50-61-55(58)47-42-37-32-27-23-22-25-30-35-40-45-52(4)5)62-56(59)48-43-38-33-28-21-18-15-13-14-17-19-24-29-34-39-44-51(2)3/h51-53H,6-50H2,1-5H3/t53-/m1/s1. The Balaban J connectivity index is 4.29. The van der Waals surface area contributed by atoms with E-state index in [0.717, 1.165) is 69.6 Å². The van der Waals surface area contributed by atoms with Crippen LogP contribution in [0.15, 0.2) is 0 Å². The van der Waals surface area contributed by atoms with E-state index in [1.807, 2.05) is 0 Å². The molecule has 0 heterocycles. The lowest BCUT2D eigenvalue weighted by molar-refractivity contribution is -0.167. The van der Waals surface area contributed by atoms with E-state index in [1.54, 1.807) is 0 Å². The Morgan fingerprint density at radius 2 is 0.532 bits per heavy atom. The van der Waals surface area contributed by atoms with E-state index in [9.17, 15) is 14.4 Å². The molecule has 0 fully saturated rings.